The van der Waals surface area contributed by atoms with E-state index in [-0.39, 0.29) is 11.6 Å². The molecule has 1 aromatic carbocycles. The van der Waals surface area contributed by atoms with E-state index in [2.05, 4.69) is 25.7 Å². The zero-order chi connectivity index (χ0) is 13.9. The van der Waals surface area contributed by atoms with Crippen molar-refractivity contribution >= 4 is 28.7 Å². The van der Waals surface area contributed by atoms with Crippen molar-refractivity contribution in [2.24, 2.45) is 5.84 Å². The number of hydrogen-bond donors (Lipinski definition) is 4. The minimum absolute atomic E-state index is 0.251. The molecule has 0 spiro atoms. The van der Waals surface area contributed by atoms with Gasteiger partial charge in [-0.25, -0.2) is 15.8 Å². The predicted molar refractivity (Wildman–Crippen MR) is 76.1 cm³/mol. The Morgan fingerprint density at radius 1 is 1.10 bits per heavy atom. The van der Waals surface area contributed by atoms with E-state index in [4.69, 9.17) is 5.84 Å². The Morgan fingerprint density at radius 3 is 2.75 bits per heavy atom. The molecule has 5 N–H and O–H groups in total. The van der Waals surface area contributed by atoms with Gasteiger partial charge in [-0.05, 0) is 24.3 Å². The highest BCUT2D eigenvalue weighted by Crippen LogP contribution is 2.14. The number of amides is 1. The summed E-state index contributed by atoms with van der Waals surface area (Å²) in [6.07, 6.45) is 0. The molecule has 2 aromatic heterocycles. The van der Waals surface area contributed by atoms with Crippen molar-refractivity contribution in [1.29, 1.82) is 0 Å². The molecular weight excluding hydrogens is 256 g/mol. The SMILES string of the molecule is NNc1cccc(C(=O)Nc2nc3ccccc3[nH]2)n1. The normalized spacial score (nSPS) is 10.4. The number of carbonyl (C=O) groups excluding carboxylic acids is 1. The van der Waals surface area contributed by atoms with Gasteiger partial charge >= 0.3 is 0 Å². The molecular formula is C13H12N6O. The number of nitrogens with one attached hydrogen (secondary N) is 3. The van der Waals surface area contributed by atoms with Crippen LogP contribution in [0.15, 0.2) is 42.5 Å². The maximum atomic E-state index is 12.1. The molecule has 0 aliphatic heterocycles. The van der Waals surface area contributed by atoms with E-state index in [1.54, 1.807) is 18.2 Å². The molecule has 0 aliphatic carbocycles. The number of rotatable bonds is 3. The third kappa shape index (κ3) is 2.29. The first kappa shape index (κ1) is 12.1. The number of pyridine rings is 1. The first-order chi connectivity index (χ1) is 9.76. The number of nitrogens with two attached hydrogens (primary N) is 1. The lowest BCUT2D eigenvalue weighted by atomic mass is 10.3. The van der Waals surface area contributed by atoms with E-state index in [0.29, 0.717) is 11.8 Å². The number of nitrogens with zero attached hydrogens (tertiary/aromatic N) is 2. The number of aromatic nitrogens is 3. The van der Waals surface area contributed by atoms with E-state index >= 15 is 0 Å². The van der Waals surface area contributed by atoms with Crippen LogP contribution in [0.5, 0.6) is 0 Å². The van der Waals surface area contributed by atoms with Crippen LogP contribution in [-0.4, -0.2) is 20.9 Å². The number of hydrazine groups is 1. The average Bonchev–Trinajstić information content (AvgIpc) is 2.89. The standard InChI is InChI=1S/C13H12N6O/c14-19-11-7-3-6-10(15-11)12(20)18-13-16-8-4-1-2-5-9(8)17-13/h1-7H,14H2,(H,15,19)(H2,16,17,18,20). The smallest absolute Gasteiger partial charge is 0.276 e. The molecule has 3 aromatic rings. The van der Waals surface area contributed by atoms with Gasteiger partial charge in [0, 0.05) is 0 Å². The van der Waals surface area contributed by atoms with Crippen molar-refractivity contribution in [3.63, 3.8) is 0 Å². The molecule has 2 heterocycles. The number of H-pyrrole nitrogens is 1. The molecule has 0 saturated carbocycles. The van der Waals surface area contributed by atoms with Gasteiger partial charge in [-0.3, -0.25) is 10.1 Å². The number of carbonyl (C=O) groups is 1. The minimum atomic E-state index is -0.360. The Kier molecular flexibility index (Phi) is 3.02. The Hall–Kier alpha value is -2.93. The van der Waals surface area contributed by atoms with Crippen molar-refractivity contribution in [3.05, 3.63) is 48.2 Å². The van der Waals surface area contributed by atoms with Gasteiger partial charge in [-0.1, -0.05) is 18.2 Å². The molecule has 0 aliphatic rings. The van der Waals surface area contributed by atoms with Gasteiger partial charge in [0.15, 0.2) is 0 Å². The van der Waals surface area contributed by atoms with Crippen molar-refractivity contribution in [2.45, 2.75) is 0 Å². The summed E-state index contributed by atoms with van der Waals surface area (Å²) in [7, 11) is 0. The van der Waals surface area contributed by atoms with E-state index in [9.17, 15) is 4.79 Å². The van der Waals surface area contributed by atoms with Crippen molar-refractivity contribution in [1.82, 2.24) is 15.0 Å². The van der Waals surface area contributed by atoms with Crippen molar-refractivity contribution in [3.8, 4) is 0 Å². The number of para-hydroxylation sites is 2. The molecule has 0 unspecified atom stereocenters. The van der Waals surface area contributed by atoms with Crippen molar-refractivity contribution < 1.29 is 4.79 Å². The van der Waals surface area contributed by atoms with Crippen LogP contribution in [0, 0.1) is 0 Å². The van der Waals surface area contributed by atoms with Gasteiger partial charge in [0.2, 0.25) is 5.95 Å². The zero-order valence-electron chi connectivity index (χ0n) is 10.4. The summed E-state index contributed by atoms with van der Waals surface area (Å²) in [6.45, 7) is 0. The van der Waals surface area contributed by atoms with Crippen LogP contribution in [0.4, 0.5) is 11.8 Å². The Morgan fingerprint density at radius 2 is 1.95 bits per heavy atom. The number of benzene rings is 1. The quantitative estimate of drug-likeness (QED) is 0.425. The van der Waals surface area contributed by atoms with Gasteiger partial charge < -0.3 is 10.4 Å². The topological polar surface area (TPSA) is 109 Å². The van der Waals surface area contributed by atoms with Crippen LogP contribution < -0.4 is 16.6 Å². The fourth-order valence-corrected chi connectivity index (χ4v) is 1.83. The fraction of sp³-hybridized carbons (Fsp3) is 0. The molecule has 0 atom stereocenters. The molecule has 0 fully saturated rings. The first-order valence-corrected chi connectivity index (χ1v) is 5.96. The van der Waals surface area contributed by atoms with Crippen molar-refractivity contribution in [2.75, 3.05) is 10.7 Å². The van der Waals surface area contributed by atoms with E-state index in [0.717, 1.165) is 11.0 Å². The van der Waals surface area contributed by atoms with E-state index < -0.39 is 0 Å². The lowest BCUT2D eigenvalue weighted by Gasteiger charge is -2.03. The van der Waals surface area contributed by atoms with Gasteiger partial charge in [0.05, 0.1) is 11.0 Å². The number of imidazole rings is 1. The number of hydrogen-bond acceptors (Lipinski definition) is 5. The van der Waals surface area contributed by atoms with Crippen LogP contribution in [0.25, 0.3) is 11.0 Å². The molecule has 20 heavy (non-hydrogen) atoms. The second-order valence-electron chi connectivity index (χ2n) is 4.11. The minimum Gasteiger partial charge on any atom is -0.324 e. The van der Waals surface area contributed by atoms with Gasteiger partial charge in [0.25, 0.3) is 5.91 Å². The highest BCUT2D eigenvalue weighted by Gasteiger charge is 2.10. The number of nitrogen functional groups attached to an aromatic ring is 1. The summed E-state index contributed by atoms with van der Waals surface area (Å²) in [5.74, 6) is 5.70. The second kappa shape index (κ2) is 4.98. The summed E-state index contributed by atoms with van der Waals surface area (Å²) in [6, 6.07) is 12.5. The highest BCUT2D eigenvalue weighted by molar-refractivity contribution is 6.02. The van der Waals surface area contributed by atoms with Gasteiger partial charge in [-0.15, -0.1) is 0 Å². The zero-order valence-corrected chi connectivity index (χ0v) is 10.4. The Bertz CT molecular complexity index is 733. The molecule has 7 heteroatoms. The first-order valence-electron chi connectivity index (χ1n) is 5.96. The third-order valence-electron chi connectivity index (χ3n) is 2.75. The van der Waals surface area contributed by atoms with Gasteiger partial charge in [-0.2, -0.15) is 0 Å². The van der Waals surface area contributed by atoms with Crippen LogP contribution in [0.3, 0.4) is 0 Å². The number of fused-ring (bicyclic) bond motifs is 1. The fourth-order valence-electron chi connectivity index (χ4n) is 1.83. The molecule has 1 amide bonds. The number of aromatic amines is 1. The molecule has 0 radical (unpaired) electrons. The van der Waals surface area contributed by atoms with Crippen LogP contribution in [0.1, 0.15) is 10.5 Å². The maximum Gasteiger partial charge on any atom is 0.276 e. The molecule has 0 bridgehead atoms. The highest BCUT2D eigenvalue weighted by atomic mass is 16.2. The molecule has 100 valence electrons. The lowest BCUT2D eigenvalue weighted by Crippen LogP contribution is -2.16. The van der Waals surface area contributed by atoms with Crippen LogP contribution in [0.2, 0.25) is 0 Å². The summed E-state index contributed by atoms with van der Waals surface area (Å²) in [4.78, 5) is 23.4. The monoisotopic (exact) mass is 268 g/mol. The molecule has 7 nitrogen and oxygen atoms in total. The predicted octanol–water partition coefficient (Wildman–Crippen LogP) is 1.50. The molecule has 0 saturated heterocycles. The maximum absolute atomic E-state index is 12.1. The molecule has 3 rings (SSSR count). The van der Waals surface area contributed by atoms with Crippen LogP contribution >= 0.6 is 0 Å². The summed E-state index contributed by atoms with van der Waals surface area (Å²) < 4.78 is 0. The second-order valence-corrected chi connectivity index (χ2v) is 4.11. The largest absolute Gasteiger partial charge is 0.324 e. The third-order valence-corrected chi connectivity index (χ3v) is 2.75. The lowest BCUT2D eigenvalue weighted by molar-refractivity contribution is 0.102. The van der Waals surface area contributed by atoms with Gasteiger partial charge in [0.1, 0.15) is 11.5 Å². The summed E-state index contributed by atoms with van der Waals surface area (Å²) >= 11 is 0. The Labute approximate surface area is 114 Å². The van der Waals surface area contributed by atoms with E-state index in [1.807, 2.05) is 24.3 Å². The number of anilines is 2. The summed E-state index contributed by atoms with van der Waals surface area (Å²) in [5.41, 5.74) is 4.28. The summed E-state index contributed by atoms with van der Waals surface area (Å²) in [5, 5.41) is 2.66. The van der Waals surface area contributed by atoms with E-state index in [1.165, 1.54) is 0 Å². The van der Waals surface area contributed by atoms with Crippen LogP contribution in [-0.2, 0) is 0 Å². The Balaban J connectivity index is 1.84. The average molecular weight is 268 g/mol.